The van der Waals surface area contributed by atoms with E-state index in [1.807, 2.05) is 13.8 Å². The molecule has 15 heavy (non-hydrogen) atoms. The van der Waals surface area contributed by atoms with Gasteiger partial charge in [-0.2, -0.15) is 0 Å². The molecule has 1 aromatic heterocycles. The van der Waals surface area contributed by atoms with E-state index in [2.05, 4.69) is 21.2 Å². The van der Waals surface area contributed by atoms with Crippen molar-refractivity contribution < 1.29 is 4.79 Å². The van der Waals surface area contributed by atoms with Gasteiger partial charge in [0.25, 0.3) is 0 Å². The van der Waals surface area contributed by atoms with Gasteiger partial charge in [-0.15, -0.1) is 11.3 Å². The van der Waals surface area contributed by atoms with E-state index >= 15 is 0 Å². The van der Waals surface area contributed by atoms with Gasteiger partial charge in [-0.3, -0.25) is 10.2 Å². The number of aryl methyl sites for hydroxylation is 2. The summed E-state index contributed by atoms with van der Waals surface area (Å²) < 4.78 is 0. The maximum atomic E-state index is 11.7. The highest BCUT2D eigenvalue weighted by Gasteiger charge is 2.22. The lowest BCUT2D eigenvalue weighted by Gasteiger charge is -2.07. The van der Waals surface area contributed by atoms with Crippen molar-refractivity contribution in [2.24, 2.45) is 0 Å². The molecule has 1 fully saturated rings. The molecule has 5 nitrogen and oxygen atoms in total. The minimum Gasteiger partial charge on any atom is -0.301 e. The highest BCUT2D eigenvalue weighted by Crippen LogP contribution is 2.21. The van der Waals surface area contributed by atoms with Crippen molar-refractivity contribution in [3.8, 4) is 0 Å². The summed E-state index contributed by atoms with van der Waals surface area (Å²) in [5.74, 6) is -0.0197. The molecule has 1 aromatic rings. The Hall–Kier alpha value is -0.980. The van der Waals surface area contributed by atoms with Gasteiger partial charge in [0.05, 0.1) is 5.69 Å². The summed E-state index contributed by atoms with van der Waals surface area (Å²) in [5, 5.41) is 3.50. The Morgan fingerprint density at radius 3 is 2.93 bits per heavy atom. The molecule has 1 aliphatic heterocycles. The summed E-state index contributed by atoms with van der Waals surface area (Å²) in [6.07, 6.45) is 0.815. The Kier molecular flexibility index (Phi) is 2.99. The van der Waals surface area contributed by atoms with Crippen LogP contribution in [0.3, 0.4) is 0 Å². The van der Waals surface area contributed by atoms with Crippen LogP contribution < -0.4 is 16.2 Å². The molecule has 2 rings (SSSR count). The maximum Gasteiger partial charge on any atom is 0.244 e. The Bertz CT molecular complexity index is 351. The SMILES string of the molecule is Cc1nc(NC(=O)C2CCNN2)sc1C. The molecule has 0 radical (unpaired) electrons. The van der Waals surface area contributed by atoms with Gasteiger partial charge in [0.1, 0.15) is 6.04 Å². The molecule has 0 bridgehead atoms. The normalized spacial score (nSPS) is 20.5. The molecule has 82 valence electrons. The molecular weight excluding hydrogens is 212 g/mol. The summed E-state index contributed by atoms with van der Waals surface area (Å²) in [7, 11) is 0. The quantitative estimate of drug-likeness (QED) is 0.689. The number of hydrogen-bond acceptors (Lipinski definition) is 5. The van der Waals surface area contributed by atoms with Crippen LogP contribution in [0, 0.1) is 13.8 Å². The Morgan fingerprint density at radius 1 is 1.60 bits per heavy atom. The number of hydrazine groups is 1. The summed E-state index contributed by atoms with van der Waals surface area (Å²) in [6, 6.07) is -0.144. The summed E-state index contributed by atoms with van der Waals surface area (Å²) in [4.78, 5) is 17.1. The molecule has 0 aromatic carbocycles. The van der Waals surface area contributed by atoms with Crippen LogP contribution in [0.4, 0.5) is 5.13 Å². The molecule has 1 atom stereocenters. The first-order valence-electron chi connectivity index (χ1n) is 4.90. The number of carbonyl (C=O) groups is 1. The van der Waals surface area contributed by atoms with Gasteiger partial charge < -0.3 is 5.32 Å². The first-order valence-corrected chi connectivity index (χ1v) is 5.72. The molecule has 3 N–H and O–H groups in total. The number of carbonyl (C=O) groups excluding carboxylic acids is 1. The van der Waals surface area contributed by atoms with E-state index in [0.29, 0.717) is 5.13 Å². The van der Waals surface area contributed by atoms with Crippen LogP contribution in [0.5, 0.6) is 0 Å². The topological polar surface area (TPSA) is 66.0 Å². The summed E-state index contributed by atoms with van der Waals surface area (Å²) >= 11 is 1.51. The average molecular weight is 226 g/mol. The van der Waals surface area contributed by atoms with E-state index in [-0.39, 0.29) is 11.9 Å². The van der Waals surface area contributed by atoms with Crippen LogP contribution in [0.25, 0.3) is 0 Å². The van der Waals surface area contributed by atoms with E-state index in [4.69, 9.17) is 0 Å². The zero-order chi connectivity index (χ0) is 10.8. The van der Waals surface area contributed by atoms with Crippen LogP contribution >= 0.6 is 11.3 Å². The summed E-state index contributed by atoms with van der Waals surface area (Å²) in [5.41, 5.74) is 6.82. The molecule has 1 saturated heterocycles. The van der Waals surface area contributed by atoms with Crippen molar-refractivity contribution in [3.05, 3.63) is 10.6 Å². The van der Waals surface area contributed by atoms with Gasteiger partial charge in [-0.25, -0.2) is 10.4 Å². The van der Waals surface area contributed by atoms with Crippen molar-refractivity contribution in [2.75, 3.05) is 11.9 Å². The third-order valence-electron chi connectivity index (χ3n) is 2.41. The zero-order valence-electron chi connectivity index (χ0n) is 8.76. The molecule has 6 heteroatoms. The second kappa shape index (κ2) is 4.26. The maximum absolute atomic E-state index is 11.7. The summed E-state index contributed by atoms with van der Waals surface area (Å²) in [6.45, 7) is 4.77. The van der Waals surface area contributed by atoms with Crippen LogP contribution in [0.1, 0.15) is 17.0 Å². The molecule has 0 aliphatic carbocycles. The van der Waals surface area contributed by atoms with Crippen LogP contribution in [-0.2, 0) is 4.79 Å². The van der Waals surface area contributed by atoms with Gasteiger partial charge in [0.15, 0.2) is 5.13 Å². The fraction of sp³-hybridized carbons (Fsp3) is 0.556. The van der Waals surface area contributed by atoms with Gasteiger partial charge in [0, 0.05) is 11.4 Å². The second-order valence-electron chi connectivity index (χ2n) is 3.56. The van der Waals surface area contributed by atoms with Gasteiger partial charge in [-0.05, 0) is 20.3 Å². The molecular formula is C9H14N4OS. The lowest BCUT2D eigenvalue weighted by molar-refractivity contribution is -0.117. The Balaban J connectivity index is 1.99. The monoisotopic (exact) mass is 226 g/mol. The number of anilines is 1. The molecule has 1 amide bonds. The van der Waals surface area contributed by atoms with E-state index in [1.165, 1.54) is 11.3 Å². The van der Waals surface area contributed by atoms with E-state index in [0.717, 1.165) is 23.5 Å². The second-order valence-corrected chi connectivity index (χ2v) is 4.77. The number of hydrogen-bond donors (Lipinski definition) is 3. The van der Waals surface area contributed by atoms with Gasteiger partial charge in [0.2, 0.25) is 5.91 Å². The Labute approximate surface area is 92.3 Å². The standard InChI is InChI=1S/C9H14N4OS/c1-5-6(2)15-9(11-5)12-8(14)7-3-4-10-13-7/h7,10,13H,3-4H2,1-2H3,(H,11,12,14). The number of rotatable bonds is 2. The molecule has 0 saturated carbocycles. The predicted molar refractivity (Wildman–Crippen MR) is 59.8 cm³/mol. The average Bonchev–Trinajstić information content (AvgIpc) is 2.77. The van der Waals surface area contributed by atoms with Crippen LogP contribution in [0.2, 0.25) is 0 Å². The fourth-order valence-corrected chi connectivity index (χ4v) is 2.22. The van der Waals surface area contributed by atoms with Gasteiger partial charge in [-0.1, -0.05) is 0 Å². The van der Waals surface area contributed by atoms with E-state index in [9.17, 15) is 4.79 Å². The van der Waals surface area contributed by atoms with Crippen molar-refractivity contribution in [3.63, 3.8) is 0 Å². The zero-order valence-corrected chi connectivity index (χ0v) is 9.57. The number of nitrogens with zero attached hydrogens (tertiary/aromatic N) is 1. The van der Waals surface area contributed by atoms with Gasteiger partial charge >= 0.3 is 0 Å². The highest BCUT2D eigenvalue weighted by molar-refractivity contribution is 7.15. The third kappa shape index (κ3) is 2.34. The smallest absolute Gasteiger partial charge is 0.244 e. The number of aromatic nitrogens is 1. The lowest BCUT2D eigenvalue weighted by atomic mass is 10.2. The minimum atomic E-state index is -0.144. The number of amides is 1. The molecule has 1 aliphatic rings. The Morgan fingerprint density at radius 2 is 2.40 bits per heavy atom. The third-order valence-corrected chi connectivity index (χ3v) is 3.40. The first-order chi connectivity index (χ1) is 7.16. The molecule has 0 spiro atoms. The van der Waals surface area contributed by atoms with E-state index in [1.54, 1.807) is 0 Å². The molecule has 1 unspecified atom stereocenters. The van der Waals surface area contributed by atoms with Crippen molar-refractivity contribution >= 4 is 22.4 Å². The largest absolute Gasteiger partial charge is 0.301 e. The minimum absolute atomic E-state index is 0.0197. The van der Waals surface area contributed by atoms with Crippen LogP contribution in [0.15, 0.2) is 0 Å². The predicted octanol–water partition coefficient (Wildman–Crippen LogP) is 0.565. The number of thiazole rings is 1. The number of nitrogens with one attached hydrogen (secondary N) is 3. The first kappa shape index (κ1) is 10.5. The molecule has 2 heterocycles. The van der Waals surface area contributed by atoms with Crippen molar-refractivity contribution in [2.45, 2.75) is 26.3 Å². The van der Waals surface area contributed by atoms with Crippen LogP contribution in [-0.4, -0.2) is 23.5 Å². The highest BCUT2D eigenvalue weighted by atomic mass is 32.1. The lowest BCUT2D eigenvalue weighted by Crippen LogP contribution is -2.39. The van der Waals surface area contributed by atoms with Crippen molar-refractivity contribution in [1.29, 1.82) is 0 Å². The van der Waals surface area contributed by atoms with E-state index < -0.39 is 0 Å². The fourth-order valence-electron chi connectivity index (χ4n) is 1.40. The van der Waals surface area contributed by atoms with Crippen molar-refractivity contribution in [1.82, 2.24) is 15.8 Å².